The van der Waals surface area contributed by atoms with E-state index >= 15 is 0 Å². The molecule has 2 heteroatoms. The van der Waals surface area contributed by atoms with Crippen molar-refractivity contribution in [2.45, 2.75) is 19.3 Å². The van der Waals surface area contributed by atoms with E-state index < -0.39 is 0 Å². The molecular weight excluding hydrogens is 739 g/mol. The lowest BCUT2D eigenvalue weighted by Crippen LogP contribution is -2.21. The number of fused-ring (bicyclic) bond motifs is 9. The summed E-state index contributed by atoms with van der Waals surface area (Å²) in [5.74, 6) is 0. The predicted molar refractivity (Wildman–Crippen MR) is 257 cm³/mol. The summed E-state index contributed by atoms with van der Waals surface area (Å²) in [5.41, 5.74) is 17.2. The van der Waals surface area contributed by atoms with E-state index in [0.717, 1.165) is 49.8 Å². The third-order valence-corrected chi connectivity index (χ3v) is 13.1. The van der Waals surface area contributed by atoms with Crippen molar-refractivity contribution >= 4 is 60.5 Å². The van der Waals surface area contributed by atoms with Crippen LogP contribution in [0.1, 0.15) is 25.0 Å². The van der Waals surface area contributed by atoms with Gasteiger partial charge < -0.3 is 9.32 Å². The first-order chi connectivity index (χ1) is 30.0. The van der Waals surface area contributed by atoms with E-state index in [-0.39, 0.29) is 5.41 Å². The molecule has 61 heavy (non-hydrogen) atoms. The number of anilines is 3. The SMILES string of the molecule is CC1(C)c2ccccc2-c2cccc(N(c3ccc(-c4ccc(-c5cccc6ccccc56)cc4)cc3)c3ccccc3-c3cccc4c3oc3c5ccccc5ccc43)c21. The van der Waals surface area contributed by atoms with Crippen LogP contribution in [0.25, 0.3) is 88.0 Å². The van der Waals surface area contributed by atoms with Crippen molar-refractivity contribution in [1.29, 1.82) is 0 Å². The predicted octanol–water partition coefficient (Wildman–Crippen LogP) is 16.7. The molecule has 0 saturated carbocycles. The van der Waals surface area contributed by atoms with Gasteiger partial charge in [0.1, 0.15) is 11.2 Å². The normalized spacial score (nSPS) is 12.9. The molecule has 0 aliphatic heterocycles. The highest BCUT2D eigenvalue weighted by Gasteiger charge is 2.39. The molecule has 2 nitrogen and oxygen atoms in total. The highest BCUT2D eigenvalue weighted by molar-refractivity contribution is 6.17. The monoisotopic (exact) mass is 779 g/mol. The molecule has 0 bridgehead atoms. The summed E-state index contributed by atoms with van der Waals surface area (Å²) in [4.78, 5) is 2.48. The van der Waals surface area contributed by atoms with Gasteiger partial charge in [-0.05, 0) is 91.0 Å². The summed E-state index contributed by atoms with van der Waals surface area (Å²) in [7, 11) is 0. The molecule has 0 amide bonds. The first-order valence-corrected chi connectivity index (χ1v) is 21.2. The molecule has 0 radical (unpaired) electrons. The Morgan fingerprint density at radius 1 is 0.344 bits per heavy atom. The zero-order valence-electron chi connectivity index (χ0n) is 34.1. The van der Waals surface area contributed by atoms with E-state index in [4.69, 9.17) is 4.42 Å². The maximum Gasteiger partial charge on any atom is 0.143 e. The fourth-order valence-corrected chi connectivity index (χ4v) is 10.2. The zero-order valence-corrected chi connectivity index (χ0v) is 34.1. The number of benzene rings is 10. The third kappa shape index (κ3) is 5.49. The smallest absolute Gasteiger partial charge is 0.143 e. The fourth-order valence-electron chi connectivity index (χ4n) is 10.2. The van der Waals surface area contributed by atoms with Gasteiger partial charge in [-0.25, -0.2) is 0 Å². The lowest BCUT2D eigenvalue weighted by atomic mass is 9.81. The average Bonchev–Trinajstić information content (AvgIpc) is 3.82. The number of para-hydroxylation sites is 2. The summed E-state index contributed by atoms with van der Waals surface area (Å²) in [6.45, 7) is 4.74. The molecule has 0 saturated heterocycles. The highest BCUT2D eigenvalue weighted by atomic mass is 16.3. The van der Waals surface area contributed by atoms with Crippen molar-refractivity contribution in [3.8, 4) is 44.5 Å². The Bertz CT molecular complexity index is 3490. The van der Waals surface area contributed by atoms with Gasteiger partial charge in [-0.2, -0.15) is 0 Å². The molecule has 10 aromatic carbocycles. The van der Waals surface area contributed by atoms with Crippen LogP contribution in [0.5, 0.6) is 0 Å². The minimum Gasteiger partial charge on any atom is -0.455 e. The Kier molecular flexibility index (Phi) is 7.92. The van der Waals surface area contributed by atoms with E-state index in [2.05, 4.69) is 231 Å². The number of nitrogens with zero attached hydrogens (tertiary/aromatic N) is 1. The van der Waals surface area contributed by atoms with Crippen LogP contribution in [-0.2, 0) is 5.41 Å². The average molecular weight is 780 g/mol. The van der Waals surface area contributed by atoms with Crippen molar-refractivity contribution in [3.05, 3.63) is 223 Å². The maximum absolute atomic E-state index is 6.95. The number of rotatable bonds is 6. The quantitative estimate of drug-likeness (QED) is 0.167. The maximum atomic E-state index is 6.95. The van der Waals surface area contributed by atoms with Crippen molar-refractivity contribution in [1.82, 2.24) is 0 Å². The van der Waals surface area contributed by atoms with Crippen molar-refractivity contribution in [2.24, 2.45) is 0 Å². The number of hydrogen-bond acceptors (Lipinski definition) is 2. The van der Waals surface area contributed by atoms with E-state index in [1.165, 1.54) is 66.4 Å². The topological polar surface area (TPSA) is 16.4 Å². The summed E-state index contributed by atoms with van der Waals surface area (Å²) in [6, 6.07) is 77.3. The van der Waals surface area contributed by atoms with Gasteiger partial charge in [0.15, 0.2) is 0 Å². The summed E-state index contributed by atoms with van der Waals surface area (Å²) < 4.78 is 6.95. The van der Waals surface area contributed by atoms with Gasteiger partial charge in [-0.1, -0.05) is 196 Å². The fraction of sp³-hybridized carbons (Fsp3) is 0.0508. The van der Waals surface area contributed by atoms with Gasteiger partial charge in [0.2, 0.25) is 0 Å². The molecule has 0 atom stereocenters. The third-order valence-electron chi connectivity index (χ3n) is 13.1. The molecule has 1 aromatic heterocycles. The standard InChI is InChI=1S/C59H41NO/c1-59(2)53-25-9-7-19-47(53)49-22-13-27-55(56(49)59)60(43-35-32-39(33-36-43)38-28-30-42(31-29-38)45-21-11-16-40-14-3-5-17-44(40)45)54-26-10-8-20-48(54)50-23-12-24-51-52-37-34-41-15-4-6-18-46(41)57(52)61-58(50)51/h3-37H,1-2H3. The van der Waals surface area contributed by atoms with Crippen molar-refractivity contribution in [2.75, 3.05) is 4.90 Å². The van der Waals surface area contributed by atoms with Crippen LogP contribution in [0.2, 0.25) is 0 Å². The first-order valence-electron chi connectivity index (χ1n) is 21.2. The Hall–Kier alpha value is -7.68. The van der Waals surface area contributed by atoms with Crippen LogP contribution in [0.3, 0.4) is 0 Å². The van der Waals surface area contributed by atoms with Gasteiger partial charge >= 0.3 is 0 Å². The largest absolute Gasteiger partial charge is 0.455 e. The molecule has 1 aliphatic rings. The van der Waals surface area contributed by atoms with Crippen molar-refractivity contribution < 1.29 is 4.42 Å². The Morgan fingerprint density at radius 3 is 1.69 bits per heavy atom. The molecule has 0 spiro atoms. The van der Waals surface area contributed by atoms with Crippen LogP contribution in [0, 0.1) is 0 Å². The molecular formula is C59H41NO. The van der Waals surface area contributed by atoms with Crippen molar-refractivity contribution in [3.63, 3.8) is 0 Å². The lowest BCUT2D eigenvalue weighted by molar-refractivity contribution is 0.661. The Balaban J connectivity index is 1.02. The van der Waals surface area contributed by atoms with Gasteiger partial charge in [0, 0.05) is 38.4 Å². The molecule has 1 heterocycles. The van der Waals surface area contributed by atoms with E-state index in [0.29, 0.717) is 0 Å². The molecule has 11 aromatic rings. The van der Waals surface area contributed by atoms with E-state index in [1.807, 2.05) is 0 Å². The zero-order chi connectivity index (χ0) is 40.7. The Labute approximate surface area is 355 Å². The minimum absolute atomic E-state index is 0.221. The summed E-state index contributed by atoms with van der Waals surface area (Å²) in [5, 5.41) is 7.07. The van der Waals surface area contributed by atoms with Crippen LogP contribution in [0.15, 0.2) is 217 Å². The Morgan fingerprint density at radius 2 is 0.869 bits per heavy atom. The molecule has 0 unspecified atom stereocenters. The van der Waals surface area contributed by atoms with Gasteiger partial charge in [0.25, 0.3) is 0 Å². The second-order valence-electron chi connectivity index (χ2n) is 16.8. The second-order valence-corrected chi connectivity index (χ2v) is 16.8. The van der Waals surface area contributed by atoms with Crippen LogP contribution < -0.4 is 4.90 Å². The first kappa shape index (κ1) is 35.3. The van der Waals surface area contributed by atoms with Gasteiger partial charge in [-0.3, -0.25) is 0 Å². The van der Waals surface area contributed by atoms with Crippen LogP contribution in [-0.4, -0.2) is 0 Å². The molecule has 0 N–H and O–H groups in total. The molecule has 288 valence electrons. The summed E-state index contributed by atoms with van der Waals surface area (Å²) >= 11 is 0. The minimum atomic E-state index is -0.221. The highest BCUT2D eigenvalue weighted by Crippen LogP contribution is 2.55. The van der Waals surface area contributed by atoms with Crippen LogP contribution in [0.4, 0.5) is 17.1 Å². The van der Waals surface area contributed by atoms with Crippen LogP contribution >= 0.6 is 0 Å². The number of hydrogen-bond donors (Lipinski definition) is 0. The molecule has 1 aliphatic carbocycles. The second kappa shape index (κ2) is 13.7. The van der Waals surface area contributed by atoms with Gasteiger partial charge in [-0.15, -0.1) is 0 Å². The number of furan rings is 1. The van der Waals surface area contributed by atoms with E-state index in [9.17, 15) is 0 Å². The molecule has 0 fully saturated rings. The molecule has 12 rings (SSSR count). The van der Waals surface area contributed by atoms with E-state index in [1.54, 1.807) is 0 Å². The lowest BCUT2D eigenvalue weighted by Gasteiger charge is -2.33. The summed E-state index contributed by atoms with van der Waals surface area (Å²) in [6.07, 6.45) is 0. The van der Waals surface area contributed by atoms with Gasteiger partial charge in [0.05, 0.1) is 11.4 Å².